The van der Waals surface area contributed by atoms with Crippen molar-refractivity contribution in [2.24, 2.45) is 0 Å². The molecule has 6 heteroatoms. The topological polar surface area (TPSA) is 62.5 Å². The molecule has 0 aromatic carbocycles. The van der Waals surface area contributed by atoms with Crippen molar-refractivity contribution >= 4 is 27.5 Å². The highest BCUT2D eigenvalue weighted by atomic mass is 79.9. The Balaban J connectivity index is 2.20. The van der Waals surface area contributed by atoms with Crippen molar-refractivity contribution in [2.45, 2.75) is 6.42 Å². The average molecular weight is 271 g/mol. The van der Waals surface area contributed by atoms with Gasteiger partial charge in [0.25, 0.3) is 0 Å². The number of fused-ring (bicyclic) bond motifs is 1. The second kappa shape index (κ2) is 4.59. The molecular formula is C9H11BrN4O. The van der Waals surface area contributed by atoms with Crippen LogP contribution in [0.15, 0.2) is 22.8 Å². The Hall–Kier alpha value is -1.14. The zero-order valence-electron chi connectivity index (χ0n) is 8.02. The lowest BCUT2D eigenvalue weighted by Crippen LogP contribution is -2.04. The van der Waals surface area contributed by atoms with Crippen molar-refractivity contribution in [2.75, 3.05) is 18.5 Å². The number of nitrogens with one attached hydrogen (secondary N) is 1. The molecule has 0 aliphatic heterocycles. The zero-order chi connectivity index (χ0) is 10.7. The molecule has 80 valence electrons. The van der Waals surface area contributed by atoms with Crippen LogP contribution in [0.4, 0.5) is 5.95 Å². The van der Waals surface area contributed by atoms with Crippen molar-refractivity contribution in [3.05, 3.63) is 22.8 Å². The van der Waals surface area contributed by atoms with E-state index in [9.17, 15) is 0 Å². The van der Waals surface area contributed by atoms with Crippen LogP contribution in [0.1, 0.15) is 6.42 Å². The fourth-order valence-electron chi connectivity index (χ4n) is 1.23. The molecule has 0 atom stereocenters. The second-order valence-corrected chi connectivity index (χ2v) is 3.92. The van der Waals surface area contributed by atoms with Crippen LogP contribution in [0.25, 0.3) is 5.65 Å². The maximum Gasteiger partial charge on any atom is 0.243 e. The third-order valence-electron chi connectivity index (χ3n) is 1.93. The van der Waals surface area contributed by atoms with Crippen molar-refractivity contribution < 1.29 is 5.11 Å². The van der Waals surface area contributed by atoms with Crippen LogP contribution in [0.2, 0.25) is 0 Å². The normalized spacial score (nSPS) is 10.8. The van der Waals surface area contributed by atoms with E-state index >= 15 is 0 Å². The molecule has 0 amide bonds. The third-order valence-corrected chi connectivity index (χ3v) is 2.55. The molecule has 0 radical (unpaired) electrons. The number of aliphatic hydroxyl groups excluding tert-OH is 1. The maximum atomic E-state index is 8.63. The van der Waals surface area contributed by atoms with Gasteiger partial charge in [0.2, 0.25) is 5.95 Å². The van der Waals surface area contributed by atoms with E-state index in [1.165, 1.54) is 0 Å². The number of rotatable bonds is 4. The highest BCUT2D eigenvalue weighted by molar-refractivity contribution is 9.10. The minimum Gasteiger partial charge on any atom is -0.396 e. The molecule has 0 saturated carbocycles. The minimum absolute atomic E-state index is 0.171. The molecule has 0 aliphatic rings. The first-order valence-corrected chi connectivity index (χ1v) is 5.46. The Kier molecular flexibility index (Phi) is 3.17. The Morgan fingerprint density at radius 3 is 3.13 bits per heavy atom. The van der Waals surface area contributed by atoms with Gasteiger partial charge in [0.15, 0.2) is 5.65 Å². The Bertz CT molecular complexity index is 456. The quantitative estimate of drug-likeness (QED) is 0.822. The van der Waals surface area contributed by atoms with Gasteiger partial charge in [0, 0.05) is 19.3 Å². The summed E-state index contributed by atoms with van der Waals surface area (Å²) in [4.78, 5) is 4.30. The number of aliphatic hydroxyl groups is 1. The lowest BCUT2D eigenvalue weighted by Gasteiger charge is -1.96. The maximum absolute atomic E-state index is 8.63. The summed E-state index contributed by atoms with van der Waals surface area (Å²) in [5.74, 6) is 0.579. The molecule has 0 fully saturated rings. The first kappa shape index (κ1) is 10.4. The van der Waals surface area contributed by atoms with Gasteiger partial charge in [-0.05, 0) is 34.5 Å². The summed E-state index contributed by atoms with van der Waals surface area (Å²) in [6.07, 6.45) is 2.53. The summed E-state index contributed by atoms with van der Waals surface area (Å²) in [5.41, 5.74) is 0.781. The smallest absolute Gasteiger partial charge is 0.243 e. The van der Waals surface area contributed by atoms with Gasteiger partial charge in [-0.1, -0.05) is 0 Å². The van der Waals surface area contributed by atoms with E-state index in [1.807, 2.05) is 18.3 Å². The molecule has 0 aliphatic carbocycles. The van der Waals surface area contributed by atoms with Crippen LogP contribution < -0.4 is 5.32 Å². The molecule has 2 rings (SSSR count). The van der Waals surface area contributed by atoms with Gasteiger partial charge in [0.05, 0.1) is 4.47 Å². The van der Waals surface area contributed by atoms with Crippen LogP contribution in [0.5, 0.6) is 0 Å². The largest absolute Gasteiger partial charge is 0.396 e. The fraction of sp³-hybridized carbons (Fsp3) is 0.333. The van der Waals surface area contributed by atoms with Gasteiger partial charge in [-0.25, -0.2) is 4.52 Å². The molecule has 0 spiro atoms. The van der Waals surface area contributed by atoms with E-state index in [0.29, 0.717) is 18.9 Å². The summed E-state index contributed by atoms with van der Waals surface area (Å²) < 4.78 is 2.61. The van der Waals surface area contributed by atoms with Crippen molar-refractivity contribution in [3.63, 3.8) is 0 Å². The van der Waals surface area contributed by atoms with Gasteiger partial charge in [-0.15, -0.1) is 5.10 Å². The van der Waals surface area contributed by atoms with Crippen LogP contribution in [0, 0.1) is 0 Å². The standard InChI is InChI=1S/C9H11BrN4O/c10-7-3-1-5-14-8(7)12-9(13-14)11-4-2-6-15/h1,3,5,15H,2,4,6H2,(H,11,13). The minimum atomic E-state index is 0.171. The summed E-state index contributed by atoms with van der Waals surface area (Å²) in [6, 6.07) is 3.81. The monoisotopic (exact) mass is 270 g/mol. The molecule has 2 N–H and O–H groups in total. The van der Waals surface area contributed by atoms with E-state index in [-0.39, 0.29) is 6.61 Å². The molecule has 0 saturated heterocycles. The lowest BCUT2D eigenvalue weighted by atomic mass is 10.4. The highest BCUT2D eigenvalue weighted by Gasteiger charge is 2.04. The van der Waals surface area contributed by atoms with Gasteiger partial charge >= 0.3 is 0 Å². The average Bonchev–Trinajstić information content (AvgIpc) is 2.63. The predicted molar refractivity (Wildman–Crippen MR) is 60.9 cm³/mol. The van der Waals surface area contributed by atoms with Gasteiger partial charge < -0.3 is 10.4 Å². The molecule has 15 heavy (non-hydrogen) atoms. The van der Waals surface area contributed by atoms with E-state index in [4.69, 9.17) is 5.11 Å². The summed E-state index contributed by atoms with van der Waals surface area (Å²) in [5, 5.41) is 15.9. The fourth-order valence-corrected chi connectivity index (χ4v) is 1.65. The Morgan fingerprint density at radius 2 is 2.40 bits per heavy atom. The van der Waals surface area contributed by atoms with Gasteiger partial charge in [-0.3, -0.25) is 0 Å². The van der Waals surface area contributed by atoms with Crippen molar-refractivity contribution in [3.8, 4) is 0 Å². The highest BCUT2D eigenvalue weighted by Crippen LogP contribution is 2.16. The van der Waals surface area contributed by atoms with E-state index in [0.717, 1.165) is 10.1 Å². The first-order valence-electron chi connectivity index (χ1n) is 4.67. The first-order chi connectivity index (χ1) is 7.31. The number of nitrogens with zero attached hydrogens (tertiary/aromatic N) is 3. The van der Waals surface area contributed by atoms with E-state index in [2.05, 4.69) is 31.3 Å². The molecular weight excluding hydrogens is 260 g/mol. The summed E-state index contributed by atoms with van der Waals surface area (Å²) in [7, 11) is 0. The van der Waals surface area contributed by atoms with Crippen LogP contribution >= 0.6 is 15.9 Å². The van der Waals surface area contributed by atoms with E-state index in [1.54, 1.807) is 4.52 Å². The SMILES string of the molecule is OCCCNc1nc2c(Br)cccn2n1. The van der Waals surface area contributed by atoms with Crippen molar-refractivity contribution in [1.29, 1.82) is 0 Å². The summed E-state index contributed by atoms with van der Waals surface area (Å²) >= 11 is 3.40. The number of hydrogen-bond acceptors (Lipinski definition) is 4. The number of anilines is 1. The second-order valence-electron chi connectivity index (χ2n) is 3.06. The van der Waals surface area contributed by atoms with Gasteiger partial charge in [0.1, 0.15) is 0 Å². The molecule has 2 heterocycles. The number of aromatic nitrogens is 3. The Morgan fingerprint density at radius 1 is 1.53 bits per heavy atom. The number of hydrogen-bond donors (Lipinski definition) is 2. The van der Waals surface area contributed by atoms with Crippen LogP contribution in [-0.4, -0.2) is 32.9 Å². The molecule has 0 unspecified atom stereocenters. The Labute approximate surface area is 95.3 Å². The van der Waals surface area contributed by atoms with Crippen molar-refractivity contribution in [1.82, 2.24) is 14.6 Å². The molecule has 2 aromatic rings. The number of pyridine rings is 1. The third kappa shape index (κ3) is 2.27. The molecule has 5 nitrogen and oxygen atoms in total. The van der Waals surface area contributed by atoms with E-state index < -0.39 is 0 Å². The molecule has 0 bridgehead atoms. The van der Waals surface area contributed by atoms with Gasteiger partial charge in [-0.2, -0.15) is 4.98 Å². The van der Waals surface area contributed by atoms with Crippen LogP contribution in [-0.2, 0) is 0 Å². The predicted octanol–water partition coefficient (Wildman–Crippen LogP) is 1.29. The van der Waals surface area contributed by atoms with Crippen LogP contribution in [0.3, 0.4) is 0 Å². The lowest BCUT2D eigenvalue weighted by molar-refractivity contribution is 0.292. The summed E-state index contributed by atoms with van der Waals surface area (Å²) in [6.45, 7) is 0.842. The number of halogens is 1. The molecule has 2 aromatic heterocycles. The zero-order valence-corrected chi connectivity index (χ0v) is 9.61.